The van der Waals surface area contributed by atoms with Gasteiger partial charge >= 0.3 is 0 Å². The van der Waals surface area contributed by atoms with Crippen LogP contribution in [0.3, 0.4) is 0 Å². The van der Waals surface area contributed by atoms with Gasteiger partial charge in [0.1, 0.15) is 18.1 Å². The van der Waals surface area contributed by atoms with Gasteiger partial charge in [-0.15, -0.1) is 0 Å². The van der Waals surface area contributed by atoms with Crippen molar-refractivity contribution in [2.24, 2.45) is 0 Å². The Morgan fingerprint density at radius 1 is 1.29 bits per heavy atom. The van der Waals surface area contributed by atoms with Crippen molar-refractivity contribution < 1.29 is 9.84 Å². The molecule has 0 aromatic heterocycles. The van der Waals surface area contributed by atoms with Crippen molar-refractivity contribution in [2.45, 2.75) is 25.4 Å². The van der Waals surface area contributed by atoms with Crippen LogP contribution >= 0.6 is 11.6 Å². The van der Waals surface area contributed by atoms with Crippen molar-refractivity contribution in [1.82, 2.24) is 5.32 Å². The first-order valence-corrected chi connectivity index (χ1v) is 7.52. The molecule has 21 heavy (non-hydrogen) atoms. The van der Waals surface area contributed by atoms with E-state index in [9.17, 15) is 5.11 Å². The molecule has 1 aliphatic rings. The van der Waals surface area contributed by atoms with Gasteiger partial charge in [-0.2, -0.15) is 0 Å². The molecule has 2 N–H and O–H groups in total. The first-order valence-electron chi connectivity index (χ1n) is 7.14. The van der Waals surface area contributed by atoms with Crippen LogP contribution in [0.4, 0.5) is 0 Å². The van der Waals surface area contributed by atoms with Gasteiger partial charge in [-0.1, -0.05) is 30.7 Å². The van der Waals surface area contributed by atoms with E-state index in [1.165, 1.54) is 5.56 Å². The summed E-state index contributed by atoms with van der Waals surface area (Å²) in [4.78, 5) is 0. The van der Waals surface area contributed by atoms with E-state index >= 15 is 0 Å². The third-order valence-corrected chi connectivity index (χ3v) is 4.11. The van der Waals surface area contributed by atoms with Crippen LogP contribution in [-0.2, 0) is 0 Å². The number of hydrogen-bond donors (Lipinski definition) is 2. The zero-order valence-corrected chi connectivity index (χ0v) is 12.6. The maximum absolute atomic E-state index is 9.50. The molecule has 2 unspecified atom stereocenters. The molecular formula is C17H18ClNO2. The van der Waals surface area contributed by atoms with Gasteiger partial charge < -0.3 is 15.2 Å². The van der Waals surface area contributed by atoms with Crippen LogP contribution in [0.25, 0.3) is 0 Å². The summed E-state index contributed by atoms with van der Waals surface area (Å²) in [6.07, 6.45) is 0.978. The number of ether oxygens (including phenoxy) is 1. The van der Waals surface area contributed by atoms with E-state index in [1.807, 2.05) is 18.2 Å². The fourth-order valence-corrected chi connectivity index (χ4v) is 2.85. The number of fused-ring (bicyclic) bond motifs is 1. The number of phenolic OH excluding ortho intramolecular Hbond substituents is 1. The molecule has 0 saturated heterocycles. The number of phenols is 1. The number of rotatable bonds is 4. The first kappa shape index (κ1) is 14.2. The van der Waals surface area contributed by atoms with E-state index in [-0.39, 0.29) is 17.8 Å². The summed E-state index contributed by atoms with van der Waals surface area (Å²) in [6, 6.07) is 13.6. The van der Waals surface area contributed by atoms with Gasteiger partial charge in [0, 0.05) is 22.7 Å². The highest BCUT2D eigenvalue weighted by atomic mass is 35.5. The zero-order chi connectivity index (χ0) is 14.8. The lowest BCUT2D eigenvalue weighted by molar-refractivity contribution is 0.295. The van der Waals surface area contributed by atoms with Crippen molar-refractivity contribution in [3.8, 4) is 11.5 Å². The van der Waals surface area contributed by atoms with Crippen LogP contribution in [0.2, 0.25) is 5.02 Å². The molecule has 2 atom stereocenters. The second-order valence-corrected chi connectivity index (χ2v) is 5.70. The summed E-state index contributed by atoms with van der Waals surface area (Å²) >= 11 is 5.95. The molecule has 3 rings (SSSR count). The number of benzene rings is 2. The monoisotopic (exact) mass is 303 g/mol. The Morgan fingerprint density at radius 2 is 2.05 bits per heavy atom. The Kier molecular flexibility index (Phi) is 4.04. The topological polar surface area (TPSA) is 41.5 Å². The van der Waals surface area contributed by atoms with Crippen molar-refractivity contribution in [1.29, 1.82) is 0 Å². The minimum absolute atomic E-state index is 0.140. The van der Waals surface area contributed by atoms with Crippen LogP contribution in [0.5, 0.6) is 11.5 Å². The highest BCUT2D eigenvalue weighted by Gasteiger charge is 2.26. The smallest absolute Gasteiger partial charge is 0.127 e. The van der Waals surface area contributed by atoms with E-state index in [0.717, 1.165) is 22.8 Å². The van der Waals surface area contributed by atoms with Crippen LogP contribution in [0.15, 0.2) is 42.5 Å². The minimum Gasteiger partial charge on any atom is -0.508 e. The normalized spacial score (nSPS) is 18.1. The molecule has 0 aliphatic carbocycles. The second kappa shape index (κ2) is 5.96. The maximum atomic E-state index is 9.50. The molecular weight excluding hydrogens is 286 g/mol. The summed E-state index contributed by atoms with van der Waals surface area (Å²) in [5.74, 6) is 0.998. The molecule has 0 spiro atoms. The highest BCUT2D eigenvalue weighted by Crippen LogP contribution is 2.36. The fraction of sp³-hybridized carbons (Fsp3) is 0.294. The predicted molar refractivity (Wildman–Crippen MR) is 84.0 cm³/mol. The van der Waals surface area contributed by atoms with Crippen LogP contribution in [0, 0.1) is 0 Å². The fourth-order valence-electron chi connectivity index (χ4n) is 2.72. The van der Waals surface area contributed by atoms with Gasteiger partial charge in [0.25, 0.3) is 0 Å². The summed E-state index contributed by atoms with van der Waals surface area (Å²) in [5, 5.41) is 13.9. The SMILES string of the molecule is CCC(NC1COc2cc(O)ccc21)c1ccc(Cl)cc1. The zero-order valence-electron chi connectivity index (χ0n) is 11.8. The molecule has 2 aromatic carbocycles. The Bertz CT molecular complexity index is 627. The van der Waals surface area contributed by atoms with Crippen LogP contribution in [-0.4, -0.2) is 11.7 Å². The molecule has 0 amide bonds. The van der Waals surface area contributed by atoms with Gasteiger partial charge in [-0.3, -0.25) is 0 Å². The largest absolute Gasteiger partial charge is 0.508 e. The van der Waals surface area contributed by atoms with Crippen LogP contribution in [0.1, 0.15) is 36.6 Å². The van der Waals surface area contributed by atoms with E-state index in [1.54, 1.807) is 12.1 Å². The van der Waals surface area contributed by atoms with E-state index in [2.05, 4.69) is 24.4 Å². The third kappa shape index (κ3) is 2.99. The Labute approximate surface area is 129 Å². The van der Waals surface area contributed by atoms with E-state index < -0.39 is 0 Å². The standard InChI is InChI=1S/C17H18ClNO2/c1-2-15(11-3-5-12(18)6-4-11)19-16-10-21-17-9-13(20)7-8-14(16)17/h3-9,15-16,19-20H,2,10H2,1H3. The van der Waals surface area contributed by atoms with E-state index in [4.69, 9.17) is 16.3 Å². The van der Waals surface area contributed by atoms with Crippen molar-refractivity contribution in [3.63, 3.8) is 0 Å². The van der Waals surface area contributed by atoms with Gasteiger partial charge in [0.05, 0.1) is 6.04 Å². The van der Waals surface area contributed by atoms with Gasteiger partial charge in [0.15, 0.2) is 0 Å². The first-order chi connectivity index (χ1) is 10.2. The van der Waals surface area contributed by atoms with Crippen LogP contribution < -0.4 is 10.1 Å². The summed E-state index contributed by atoms with van der Waals surface area (Å²) in [6.45, 7) is 2.74. The van der Waals surface area contributed by atoms with Crippen molar-refractivity contribution in [2.75, 3.05) is 6.61 Å². The highest BCUT2D eigenvalue weighted by molar-refractivity contribution is 6.30. The third-order valence-electron chi connectivity index (χ3n) is 3.86. The summed E-state index contributed by atoms with van der Waals surface area (Å²) in [5.41, 5.74) is 2.31. The predicted octanol–water partition coefficient (Wildman–Crippen LogP) is 4.22. The average molecular weight is 304 g/mol. The maximum Gasteiger partial charge on any atom is 0.127 e. The van der Waals surface area contributed by atoms with Gasteiger partial charge in [-0.05, 0) is 36.2 Å². The van der Waals surface area contributed by atoms with Crippen molar-refractivity contribution in [3.05, 3.63) is 58.6 Å². The molecule has 1 aliphatic heterocycles. The molecule has 0 radical (unpaired) electrons. The molecule has 0 bridgehead atoms. The molecule has 2 aromatic rings. The Balaban J connectivity index is 1.78. The number of nitrogens with one attached hydrogen (secondary N) is 1. The molecule has 1 heterocycles. The second-order valence-electron chi connectivity index (χ2n) is 5.26. The minimum atomic E-state index is 0.140. The Morgan fingerprint density at radius 3 is 2.76 bits per heavy atom. The van der Waals surface area contributed by atoms with E-state index in [0.29, 0.717) is 6.61 Å². The number of aromatic hydroxyl groups is 1. The lowest BCUT2D eigenvalue weighted by Crippen LogP contribution is -2.27. The molecule has 0 fully saturated rings. The quantitative estimate of drug-likeness (QED) is 0.888. The Hall–Kier alpha value is -1.71. The number of halogens is 1. The molecule has 3 nitrogen and oxygen atoms in total. The molecule has 0 saturated carbocycles. The summed E-state index contributed by atoms with van der Waals surface area (Å²) in [7, 11) is 0. The molecule has 4 heteroatoms. The molecule has 110 valence electrons. The summed E-state index contributed by atoms with van der Waals surface area (Å²) < 4.78 is 5.65. The van der Waals surface area contributed by atoms with Gasteiger partial charge in [-0.25, -0.2) is 0 Å². The lowest BCUT2D eigenvalue weighted by Gasteiger charge is -2.22. The number of hydrogen-bond acceptors (Lipinski definition) is 3. The van der Waals surface area contributed by atoms with Gasteiger partial charge in [0.2, 0.25) is 0 Å². The van der Waals surface area contributed by atoms with Crippen molar-refractivity contribution >= 4 is 11.6 Å². The lowest BCUT2D eigenvalue weighted by atomic mass is 10.0. The average Bonchev–Trinajstić information content (AvgIpc) is 2.88.